The Bertz CT molecular complexity index is 460. The molecule has 0 bridgehead atoms. The average Bonchev–Trinajstić information content (AvgIpc) is 2.50. The van der Waals surface area contributed by atoms with E-state index in [2.05, 4.69) is 0 Å². The van der Waals surface area contributed by atoms with E-state index in [4.69, 9.17) is 30.5 Å². The van der Waals surface area contributed by atoms with Gasteiger partial charge in [-0.2, -0.15) is 0 Å². The van der Waals surface area contributed by atoms with Gasteiger partial charge in [0.1, 0.15) is 12.2 Å². The van der Waals surface area contributed by atoms with Gasteiger partial charge < -0.3 is 24.1 Å². The van der Waals surface area contributed by atoms with Gasteiger partial charge in [-0.15, -0.1) is 0 Å². The van der Waals surface area contributed by atoms with E-state index in [1.807, 2.05) is 13.8 Å². The summed E-state index contributed by atoms with van der Waals surface area (Å²) in [6.07, 6.45) is -1.30. The second-order valence-electron chi connectivity index (χ2n) is 4.62. The smallest absolute Gasteiger partial charge is 0.162 e. The molecule has 1 aromatic rings. The van der Waals surface area contributed by atoms with Crippen molar-refractivity contribution in [2.45, 2.75) is 26.1 Å². The summed E-state index contributed by atoms with van der Waals surface area (Å²) in [5, 5.41) is 10.9. The van der Waals surface area contributed by atoms with Gasteiger partial charge in [-0.05, 0) is 19.9 Å². The zero-order valence-electron chi connectivity index (χ0n) is 12.3. The molecule has 5 nitrogen and oxygen atoms in total. The standard InChI is InChI=1S/C15H21ClO5/c1-3-19-12-7-10(11(16)8-13(12)20-4-2)15(17)14-9-18-5-6-21-14/h7-8,14-15,17H,3-6,9H2,1-2H3. The summed E-state index contributed by atoms with van der Waals surface area (Å²) in [7, 11) is 0. The number of rotatable bonds is 6. The Labute approximate surface area is 129 Å². The van der Waals surface area contributed by atoms with Gasteiger partial charge in [-0.3, -0.25) is 0 Å². The van der Waals surface area contributed by atoms with Crippen molar-refractivity contribution in [2.75, 3.05) is 33.0 Å². The summed E-state index contributed by atoms with van der Waals surface area (Å²) in [6.45, 7) is 6.14. The topological polar surface area (TPSA) is 57.2 Å². The van der Waals surface area contributed by atoms with E-state index in [0.717, 1.165) is 0 Å². The number of halogens is 1. The van der Waals surface area contributed by atoms with Gasteiger partial charge in [-0.1, -0.05) is 11.6 Å². The normalized spacial score (nSPS) is 20.1. The first-order valence-electron chi connectivity index (χ1n) is 7.13. The molecule has 6 heteroatoms. The number of hydrogen-bond acceptors (Lipinski definition) is 5. The number of hydrogen-bond donors (Lipinski definition) is 1. The van der Waals surface area contributed by atoms with Crippen LogP contribution in [0.15, 0.2) is 12.1 Å². The van der Waals surface area contributed by atoms with Crippen molar-refractivity contribution in [3.63, 3.8) is 0 Å². The van der Waals surface area contributed by atoms with Gasteiger partial charge in [0.15, 0.2) is 11.5 Å². The van der Waals surface area contributed by atoms with Crippen LogP contribution < -0.4 is 9.47 Å². The predicted molar refractivity (Wildman–Crippen MR) is 79.3 cm³/mol. The molecule has 1 aliphatic heterocycles. The minimum absolute atomic E-state index is 0.342. The highest BCUT2D eigenvalue weighted by Crippen LogP contribution is 2.37. The third-order valence-electron chi connectivity index (χ3n) is 3.18. The molecule has 0 amide bonds. The Hall–Kier alpha value is -1.01. The maximum Gasteiger partial charge on any atom is 0.162 e. The van der Waals surface area contributed by atoms with E-state index in [-0.39, 0.29) is 0 Å². The molecule has 21 heavy (non-hydrogen) atoms. The predicted octanol–water partition coefficient (Wildman–Crippen LogP) is 2.59. The molecule has 0 aliphatic carbocycles. The Balaban J connectivity index is 2.27. The van der Waals surface area contributed by atoms with Gasteiger partial charge in [-0.25, -0.2) is 0 Å². The molecule has 0 radical (unpaired) electrons. The van der Waals surface area contributed by atoms with E-state index < -0.39 is 12.2 Å². The first-order chi connectivity index (χ1) is 10.2. The fourth-order valence-electron chi connectivity index (χ4n) is 2.20. The molecule has 1 fully saturated rings. The molecular weight excluding hydrogens is 296 g/mol. The Kier molecular flexibility index (Phi) is 6.11. The Morgan fingerprint density at radius 1 is 1.24 bits per heavy atom. The first kappa shape index (κ1) is 16.4. The summed E-state index contributed by atoms with van der Waals surface area (Å²) in [4.78, 5) is 0. The highest BCUT2D eigenvalue weighted by atomic mass is 35.5. The quantitative estimate of drug-likeness (QED) is 0.874. The van der Waals surface area contributed by atoms with Crippen LogP contribution in [0.5, 0.6) is 11.5 Å². The summed E-state index contributed by atoms with van der Waals surface area (Å²) >= 11 is 6.26. The van der Waals surface area contributed by atoms with Crippen molar-refractivity contribution < 1.29 is 24.1 Å². The molecule has 0 saturated carbocycles. The molecule has 0 spiro atoms. The lowest BCUT2D eigenvalue weighted by Crippen LogP contribution is -2.34. The third kappa shape index (κ3) is 4.01. The van der Waals surface area contributed by atoms with E-state index >= 15 is 0 Å². The summed E-state index contributed by atoms with van der Waals surface area (Å²) in [5.41, 5.74) is 0.555. The SMILES string of the molecule is CCOc1cc(Cl)c(C(O)C2COCCO2)cc1OCC. The van der Waals surface area contributed by atoms with Crippen LogP contribution in [0.25, 0.3) is 0 Å². The molecule has 118 valence electrons. The molecule has 2 rings (SSSR count). The maximum atomic E-state index is 10.5. The van der Waals surface area contributed by atoms with Crippen LogP contribution in [0, 0.1) is 0 Å². The monoisotopic (exact) mass is 316 g/mol. The second kappa shape index (κ2) is 7.84. The van der Waals surface area contributed by atoms with Crippen molar-refractivity contribution >= 4 is 11.6 Å². The van der Waals surface area contributed by atoms with E-state index in [9.17, 15) is 5.11 Å². The van der Waals surface area contributed by atoms with Crippen molar-refractivity contribution in [1.82, 2.24) is 0 Å². The van der Waals surface area contributed by atoms with Gasteiger partial charge in [0.05, 0.1) is 38.1 Å². The zero-order valence-corrected chi connectivity index (χ0v) is 13.1. The largest absolute Gasteiger partial charge is 0.490 e. The van der Waals surface area contributed by atoms with Crippen LogP contribution >= 0.6 is 11.6 Å². The van der Waals surface area contributed by atoms with E-state index in [0.29, 0.717) is 55.1 Å². The first-order valence-corrected chi connectivity index (χ1v) is 7.51. The van der Waals surface area contributed by atoms with E-state index in [1.165, 1.54) is 0 Å². The lowest BCUT2D eigenvalue weighted by Gasteiger charge is -2.28. The van der Waals surface area contributed by atoms with Gasteiger partial charge in [0, 0.05) is 11.6 Å². The molecule has 2 unspecified atom stereocenters. The molecular formula is C15H21ClO5. The maximum absolute atomic E-state index is 10.5. The zero-order chi connectivity index (χ0) is 15.2. The fraction of sp³-hybridized carbons (Fsp3) is 0.600. The molecule has 1 saturated heterocycles. The molecule has 1 aromatic carbocycles. The number of aliphatic hydroxyl groups is 1. The molecule has 1 aliphatic rings. The van der Waals surface area contributed by atoms with Crippen molar-refractivity contribution in [3.8, 4) is 11.5 Å². The van der Waals surface area contributed by atoms with Crippen molar-refractivity contribution in [1.29, 1.82) is 0 Å². The van der Waals surface area contributed by atoms with Crippen LogP contribution in [0.2, 0.25) is 5.02 Å². The molecule has 2 atom stereocenters. The van der Waals surface area contributed by atoms with Gasteiger partial charge in [0.2, 0.25) is 0 Å². The van der Waals surface area contributed by atoms with Crippen LogP contribution in [0.1, 0.15) is 25.5 Å². The average molecular weight is 317 g/mol. The van der Waals surface area contributed by atoms with Crippen LogP contribution in [0.3, 0.4) is 0 Å². The van der Waals surface area contributed by atoms with Gasteiger partial charge >= 0.3 is 0 Å². The summed E-state index contributed by atoms with van der Waals surface area (Å²) in [6, 6.07) is 3.37. The van der Waals surface area contributed by atoms with Crippen LogP contribution in [-0.4, -0.2) is 44.2 Å². The highest BCUT2D eigenvalue weighted by molar-refractivity contribution is 6.31. The third-order valence-corrected chi connectivity index (χ3v) is 3.50. The number of benzene rings is 1. The minimum Gasteiger partial charge on any atom is -0.490 e. The van der Waals surface area contributed by atoms with E-state index in [1.54, 1.807) is 12.1 Å². The van der Waals surface area contributed by atoms with Crippen molar-refractivity contribution in [3.05, 3.63) is 22.7 Å². The fourth-order valence-corrected chi connectivity index (χ4v) is 2.47. The molecule has 1 N–H and O–H groups in total. The number of aliphatic hydroxyl groups excluding tert-OH is 1. The van der Waals surface area contributed by atoms with Gasteiger partial charge in [0.25, 0.3) is 0 Å². The second-order valence-corrected chi connectivity index (χ2v) is 5.02. The van der Waals surface area contributed by atoms with Crippen molar-refractivity contribution in [2.24, 2.45) is 0 Å². The minimum atomic E-state index is -0.868. The lowest BCUT2D eigenvalue weighted by molar-refractivity contribution is -0.133. The molecule has 0 aromatic heterocycles. The highest BCUT2D eigenvalue weighted by Gasteiger charge is 2.27. The van der Waals surface area contributed by atoms with Crippen LogP contribution in [0.4, 0.5) is 0 Å². The number of ether oxygens (including phenoxy) is 4. The summed E-state index contributed by atoms with van der Waals surface area (Å²) in [5.74, 6) is 1.13. The Morgan fingerprint density at radius 2 is 1.90 bits per heavy atom. The lowest BCUT2D eigenvalue weighted by atomic mass is 10.0. The summed E-state index contributed by atoms with van der Waals surface area (Å²) < 4.78 is 21.9. The van der Waals surface area contributed by atoms with Crippen LogP contribution in [-0.2, 0) is 9.47 Å². The Morgan fingerprint density at radius 3 is 2.48 bits per heavy atom. The molecule has 1 heterocycles.